The van der Waals surface area contributed by atoms with Crippen LogP contribution in [0.4, 0.5) is 5.82 Å². The number of methoxy groups -OCH3 is 1. The lowest BCUT2D eigenvalue weighted by Gasteiger charge is -2.27. The summed E-state index contributed by atoms with van der Waals surface area (Å²) < 4.78 is 6.97. The van der Waals surface area contributed by atoms with E-state index < -0.39 is 0 Å². The number of para-hydroxylation sites is 1. The lowest BCUT2D eigenvalue weighted by Crippen LogP contribution is -2.33. The highest BCUT2D eigenvalue weighted by Crippen LogP contribution is 2.34. The summed E-state index contributed by atoms with van der Waals surface area (Å²) in [6, 6.07) is 7.50. The fraction of sp³-hybridized carbons (Fsp3) is 0.368. The van der Waals surface area contributed by atoms with E-state index in [0.29, 0.717) is 18.5 Å². The highest BCUT2D eigenvalue weighted by Gasteiger charge is 2.31. The number of anilines is 1. The van der Waals surface area contributed by atoms with Crippen LogP contribution < -0.4 is 10.5 Å². The van der Waals surface area contributed by atoms with Crippen LogP contribution in [0.3, 0.4) is 0 Å². The predicted octanol–water partition coefficient (Wildman–Crippen LogP) is 2.17. The van der Waals surface area contributed by atoms with Crippen molar-refractivity contribution in [2.45, 2.75) is 25.4 Å². The fourth-order valence-electron chi connectivity index (χ4n) is 3.59. The van der Waals surface area contributed by atoms with E-state index in [2.05, 4.69) is 14.9 Å². The minimum absolute atomic E-state index is 0.000798. The SMILES string of the molecule is COCCn1c(C2CCCN2c2cnccn2)nc2ccccc2c1=O. The van der Waals surface area contributed by atoms with Crippen LogP contribution in [-0.2, 0) is 11.3 Å². The van der Waals surface area contributed by atoms with Crippen molar-refractivity contribution >= 4 is 16.7 Å². The summed E-state index contributed by atoms with van der Waals surface area (Å²) in [6.07, 6.45) is 7.06. The van der Waals surface area contributed by atoms with Gasteiger partial charge < -0.3 is 9.64 Å². The van der Waals surface area contributed by atoms with E-state index >= 15 is 0 Å². The Morgan fingerprint density at radius 3 is 2.96 bits per heavy atom. The first kappa shape index (κ1) is 16.7. The average molecular weight is 351 g/mol. The van der Waals surface area contributed by atoms with Crippen molar-refractivity contribution in [3.05, 3.63) is 59.0 Å². The maximum atomic E-state index is 13.1. The zero-order chi connectivity index (χ0) is 17.9. The lowest BCUT2D eigenvalue weighted by atomic mass is 10.1. The van der Waals surface area contributed by atoms with Crippen molar-refractivity contribution in [2.75, 3.05) is 25.2 Å². The molecule has 1 atom stereocenters. The Hall–Kier alpha value is -2.80. The molecule has 0 amide bonds. The predicted molar refractivity (Wildman–Crippen MR) is 99.2 cm³/mol. The van der Waals surface area contributed by atoms with E-state index in [4.69, 9.17) is 9.72 Å². The first-order valence-electron chi connectivity index (χ1n) is 8.80. The number of rotatable bonds is 5. The molecule has 26 heavy (non-hydrogen) atoms. The molecule has 4 rings (SSSR count). The van der Waals surface area contributed by atoms with E-state index in [1.54, 1.807) is 30.3 Å². The molecule has 134 valence electrons. The molecule has 1 aliphatic heterocycles. The second-order valence-electron chi connectivity index (χ2n) is 6.35. The summed E-state index contributed by atoms with van der Waals surface area (Å²) in [5.74, 6) is 1.59. The smallest absolute Gasteiger partial charge is 0.261 e. The average Bonchev–Trinajstić information content (AvgIpc) is 3.17. The third kappa shape index (κ3) is 2.94. The fourth-order valence-corrected chi connectivity index (χ4v) is 3.59. The molecule has 0 bridgehead atoms. The van der Waals surface area contributed by atoms with Crippen molar-refractivity contribution in [1.29, 1.82) is 0 Å². The Morgan fingerprint density at radius 1 is 1.27 bits per heavy atom. The lowest BCUT2D eigenvalue weighted by molar-refractivity contribution is 0.184. The highest BCUT2D eigenvalue weighted by molar-refractivity contribution is 5.77. The monoisotopic (exact) mass is 351 g/mol. The molecular weight excluding hydrogens is 330 g/mol. The van der Waals surface area contributed by atoms with Gasteiger partial charge in [-0.05, 0) is 25.0 Å². The number of ether oxygens (including phenoxy) is 1. The first-order valence-corrected chi connectivity index (χ1v) is 8.80. The summed E-state index contributed by atoms with van der Waals surface area (Å²) in [5, 5.41) is 0.636. The molecule has 7 nitrogen and oxygen atoms in total. The van der Waals surface area contributed by atoms with Crippen molar-refractivity contribution in [3.8, 4) is 0 Å². The van der Waals surface area contributed by atoms with Gasteiger partial charge in [0, 0.05) is 26.0 Å². The molecule has 1 saturated heterocycles. The first-order chi connectivity index (χ1) is 12.8. The van der Waals surface area contributed by atoms with Gasteiger partial charge in [0.25, 0.3) is 5.56 Å². The van der Waals surface area contributed by atoms with Crippen molar-refractivity contribution in [1.82, 2.24) is 19.5 Å². The Bertz CT molecular complexity index is 957. The Kier molecular flexibility index (Phi) is 4.62. The number of hydrogen-bond acceptors (Lipinski definition) is 6. The van der Waals surface area contributed by atoms with Gasteiger partial charge in [0.1, 0.15) is 11.6 Å². The molecule has 0 aliphatic carbocycles. The van der Waals surface area contributed by atoms with Crippen LogP contribution in [0.25, 0.3) is 10.9 Å². The van der Waals surface area contributed by atoms with Gasteiger partial charge in [-0.25, -0.2) is 9.97 Å². The topological polar surface area (TPSA) is 73.1 Å². The van der Waals surface area contributed by atoms with E-state index in [0.717, 1.165) is 36.5 Å². The molecule has 7 heteroatoms. The van der Waals surface area contributed by atoms with Gasteiger partial charge in [-0.2, -0.15) is 0 Å². The molecule has 1 aliphatic rings. The molecule has 0 radical (unpaired) electrons. The number of aromatic nitrogens is 4. The Labute approximate surface area is 151 Å². The van der Waals surface area contributed by atoms with Crippen LogP contribution in [0.5, 0.6) is 0 Å². The van der Waals surface area contributed by atoms with Gasteiger partial charge in [0.2, 0.25) is 0 Å². The summed E-state index contributed by atoms with van der Waals surface area (Å²) >= 11 is 0. The van der Waals surface area contributed by atoms with Gasteiger partial charge in [0.15, 0.2) is 0 Å². The Morgan fingerprint density at radius 2 is 2.15 bits per heavy atom. The molecule has 2 aromatic heterocycles. The van der Waals surface area contributed by atoms with Gasteiger partial charge in [0.05, 0.1) is 36.3 Å². The van der Waals surface area contributed by atoms with E-state index in [-0.39, 0.29) is 11.6 Å². The molecule has 3 heterocycles. The zero-order valence-electron chi connectivity index (χ0n) is 14.7. The number of hydrogen-bond donors (Lipinski definition) is 0. The van der Waals surface area contributed by atoms with Gasteiger partial charge in [-0.3, -0.25) is 14.3 Å². The third-order valence-corrected chi connectivity index (χ3v) is 4.80. The summed E-state index contributed by atoms with van der Waals surface area (Å²) in [7, 11) is 1.64. The maximum Gasteiger partial charge on any atom is 0.261 e. The summed E-state index contributed by atoms with van der Waals surface area (Å²) in [6.45, 7) is 1.81. The van der Waals surface area contributed by atoms with Crippen LogP contribution in [0, 0.1) is 0 Å². The third-order valence-electron chi connectivity index (χ3n) is 4.80. The largest absolute Gasteiger partial charge is 0.383 e. The second-order valence-corrected chi connectivity index (χ2v) is 6.35. The summed E-state index contributed by atoms with van der Waals surface area (Å²) in [5.41, 5.74) is 0.709. The molecule has 0 saturated carbocycles. The van der Waals surface area contributed by atoms with Crippen LogP contribution in [0.1, 0.15) is 24.7 Å². The van der Waals surface area contributed by atoms with Crippen LogP contribution in [-0.4, -0.2) is 39.8 Å². The zero-order valence-corrected chi connectivity index (χ0v) is 14.7. The van der Waals surface area contributed by atoms with Gasteiger partial charge in [-0.15, -0.1) is 0 Å². The van der Waals surface area contributed by atoms with Crippen LogP contribution in [0.15, 0.2) is 47.7 Å². The minimum atomic E-state index is -0.0198. The van der Waals surface area contributed by atoms with Crippen LogP contribution >= 0.6 is 0 Å². The number of nitrogens with zero attached hydrogens (tertiary/aromatic N) is 5. The van der Waals surface area contributed by atoms with Crippen molar-refractivity contribution in [2.24, 2.45) is 0 Å². The number of fused-ring (bicyclic) bond motifs is 1. The minimum Gasteiger partial charge on any atom is -0.383 e. The van der Waals surface area contributed by atoms with E-state index in [9.17, 15) is 4.79 Å². The molecule has 1 aromatic carbocycles. The Balaban J connectivity index is 1.85. The quantitative estimate of drug-likeness (QED) is 0.701. The molecule has 1 fully saturated rings. The standard InChI is InChI=1S/C19H21N5O2/c1-26-12-11-24-18(22-15-6-3-2-5-14(15)19(24)25)16-7-4-10-23(16)17-13-20-8-9-21-17/h2-3,5-6,8-9,13,16H,4,7,10-12H2,1H3. The molecule has 0 N–H and O–H groups in total. The van der Waals surface area contributed by atoms with Crippen molar-refractivity contribution in [3.63, 3.8) is 0 Å². The molecule has 0 spiro atoms. The molecule has 1 unspecified atom stereocenters. The molecule has 3 aromatic rings. The molecular formula is C19H21N5O2. The van der Waals surface area contributed by atoms with E-state index in [1.165, 1.54) is 0 Å². The normalized spacial score (nSPS) is 17.1. The maximum absolute atomic E-state index is 13.1. The van der Waals surface area contributed by atoms with Crippen LogP contribution in [0.2, 0.25) is 0 Å². The van der Waals surface area contributed by atoms with Gasteiger partial charge >= 0.3 is 0 Å². The highest BCUT2D eigenvalue weighted by atomic mass is 16.5. The number of benzene rings is 1. The van der Waals surface area contributed by atoms with E-state index in [1.807, 2.05) is 24.3 Å². The second kappa shape index (κ2) is 7.21. The van der Waals surface area contributed by atoms with Crippen molar-refractivity contribution < 1.29 is 4.74 Å². The summed E-state index contributed by atoms with van der Waals surface area (Å²) in [4.78, 5) is 28.7. The van der Waals surface area contributed by atoms with Gasteiger partial charge in [-0.1, -0.05) is 12.1 Å².